The van der Waals surface area contributed by atoms with Gasteiger partial charge in [-0.25, -0.2) is 4.39 Å². The van der Waals surface area contributed by atoms with Crippen LogP contribution in [0.3, 0.4) is 0 Å². The SMILES string of the molecule is CCCNC(c1cc(C)c(F)c(C)c1)c1sccc1Cl. The highest BCUT2D eigenvalue weighted by Crippen LogP contribution is 2.34. The number of aryl methyl sites for hydroxylation is 2. The molecule has 0 aliphatic heterocycles. The molecule has 20 heavy (non-hydrogen) atoms. The Morgan fingerprint density at radius 1 is 1.30 bits per heavy atom. The van der Waals surface area contributed by atoms with Gasteiger partial charge in [0.1, 0.15) is 5.82 Å². The molecule has 0 aliphatic carbocycles. The van der Waals surface area contributed by atoms with Gasteiger partial charge in [-0.05, 0) is 54.9 Å². The number of hydrogen-bond donors (Lipinski definition) is 1. The summed E-state index contributed by atoms with van der Waals surface area (Å²) in [5.74, 6) is -0.125. The molecule has 0 aliphatic rings. The van der Waals surface area contributed by atoms with Gasteiger partial charge in [-0.2, -0.15) is 0 Å². The first kappa shape index (κ1) is 15.5. The third-order valence-electron chi connectivity index (χ3n) is 3.30. The van der Waals surface area contributed by atoms with Gasteiger partial charge in [0.05, 0.1) is 11.1 Å². The Morgan fingerprint density at radius 3 is 2.45 bits per heavy atom. The van der Waals surface area contributed by atoms with Crippen molar-refractivity contribution in [1.29, 1.82) is 0 Å². The van der Waals surface area contributed by atoms with E-state index in [2.05, 4.69) is 12.2 Å². The van der Waals surface area contributed by atoms with E-state index in [0.29, 0.717) is 11.1 Å². The first-order chi connectivity index (χ1) is 9.54. The van der Waals surface area contributed by atoms with Crippen molar-refractivity contribution < 1.29 is 4.39 Å². The molecule has 0 bridgehead atoms. The van der Waals surface area contributed by atoms with E-state index in [1.54, 1.807) is 25.2 Å². The van der Waals surface area contributed by atoms with Gasteiger partial charge in [0, 0.05) is 4.88 Å². The fraction of sp³-hybridized carbons (Fsp3) is 0.375. The Kier molecular flexibility index (Phi) is 5.19. The van der Waals surface area contributed by atoms with Crippen LogP contribution in [-0.2, 0) is 0 Å². The molecule has 0 saturated heterocycles. The van der Waals surface area contributed by atoms with Crippen LogP contribution in [-0.4, -0.2) is 6.54 Å². The number of nitrogens with one attached hydrogen (secondary N) is 1. The smallest absolute Gasteiger partial charge is 0.129 e. The Bertz CT molecular complexity index is 571. The molecule has 1 aromatic heterocycles. The number of thiophene rings is 1. The summed E-state index contributed by atoms with van der Waals surface area (Å²) in [7, 11) is 0. The van der Waals surface area contributed by atoms with Crippen molar-refractivity contribution in [2.45, 2.75) is 33.2 Å². The van der Waals surface area contributed by atoms with Gasteiger partial charge in [-0.1, -0.05) is 30.7 Å². The van der Waals surface area contributed by atoms with Gasteiger partial charge < -0.3 is 5.32 Å². The molecular formula is C16H19ClFNS. The second-order valence-electron chi connectivity index (χ2n) is 4.99. The molecule has 108 valence electrons. The quantitative estimate of drug-likeness (QED) is 0.795. The van der Waals surface area contributed by atoms with Gasteiger partial charge in [-0.3, -0.25) is 0 Å². The zero-order valence-corrected chi connectivity index (χ0v) is 13.5. The minimum Gasteiger partial charge on any atom is -0.306 e. The Balaban J connectivity index is 2.44. The van der Waals surface area contributed by atoms with Crippen LogP contribution in [0.2, 0.25) is 5.02 Å². The third-order valence-corrected chi connectivity index (χ3v) is 4.72. The van der Waals surface area contributed by atoms with Crippen molar-refractivity contribution in [1.82, 2.24) is 5.32 Å². The average Bonchev–Trinajstić information content (AvgIpc) is 2.83. The number of rotatable bonds is 5. The molecule has 1 heterocycles. The van der Waals surface area contributed by atoms with Crippen LogP contribution < -0.4 is 5.32 Å². The van der Waals surface area contributed by atoms with Crippen LogP contribution in [0.15, 0.2) is 23.6 Å². The van der Waals surface area contributed by atoms with E-state index in [-0.39, 0.29) is 11.9 Å². The highest BCUT2D eigenvalue weighted by Gasteiger charge is 2.19. The summed E-state index contributed by atoms with van der Waals surface area (Å²) in [5, 5.41) is 6.26. The molecule has 0 saturated carbocycles. The Labute approximate surface area is 128 Å². The maximum absolute atomic E-state index is 13.8. The molecule has 1 atom stereocenters. The molecule has 0 amide bonds. The summed E-state index contributed by atoms with van der Waals surface area (Å²) in [4.78, 5) is 1.09. The van der Waals surface area contributed by atoms with E-state index in [4.69, 9.17) is 11.6 Å². The van der Waals surface area contributed by atoms with Gasteiger partial charge >= 0.3 is 0 Å². The van der Waals surface area contributed by atoms with Crippen molar-refractivity contribution in [2.24, 2.45) is 0 Å². The zero-order chi connectivity index (χ0) is 14.7. The molecule has 1 unspecified atom stereocenters. The summed E-state index contributed by atoms with van der Waals surface area (Å²) in [5.41, 5.74) is 2.42. The van der Waals surface area contributed by atoms with E-state index >= 15 is 0 Å². The van der Waals surface area contributed by atoms with Crippen molar-refractivity contribution in [3.8, 4) is 0 Å². The molecular weight excluding hydrogens is 293 g/mol. The van der Waals surface area contributed by atoms with E-state index in [9.17, 15) is 4.39 Å². The summed E-state index contributed by atoms with van der Waals surface area (Å²) >= 11 is 7.90. The van der Waals surface area contributed by atoms with E-state index < -0.39 is 0 Å². The van der Waals surface area contributed by atoms with Crippen molar-refractivity contribution in [3.63, 3.8) is 0 Å². The largest absolute Gasteiger partial charge is 0.306 e. The summed E-state index contributed by atoms with van der Waals surface area (Å²) in [6.45, 7) is 6.63. The predicted molar refractivity (Wildman–Crippen MR) is 85.3 cm³/mol. The molecule has 0 radical (unpaired) electrons. The van der Waals surface area contributed by atoms with Gasteiger partial charge in [0.2, 0.25) is 0 Å². The van der Waals surface area contributed by atoms with E-state index in [0.717, 1.165) is 28.4 Å². The number of halogens is 2. The topological polar surface area (TPSA) is 12.0 Å². The van der Waals surface area contributed by atoms with Gasteiger partial charge in [0.15, 0.2) is 0 Å². The van der Waals surface area contributed by atoms with Crippen molar-refractivity contribution >= 4 is 22.9 Å². The van der Waals surface area contributed by atoms with Gasteiger partial charge in [0.25, 0.3) is 0 Å². The van der Waals surface area contributed by atoms with Crippen LogP contribution in [0.5, 0.6) is 0 Å². The molecule has 1 nitrogen and oxygen atoms in total. The maximum atomic E-state index is 13.8. The molecule has 1 aromatic carbocycles. The fourth-order valence-electron chi connectivity index (χ4n) is 2.31. The lowest BCUT2D eigenvalue weighted by molar-refractivity contribution is 0.590. The lowest BCUT2D eigenvalue weighted by Crippen LogP contribution is -2.23. The van der Waals surface area contributed by atoms with E-state index in [1.807, 2.05) is 23.6 Å². The highest BCUT2D eigenvalue weighted by atomic mass is 35.5. The Morgan fingerprint density at radius 2 is 1.95 bits per heavy atom. The Hall–Kier alpha value is -0.900. The lowest BCUT2D eigenvalue weighted by Gasteiger charge is -2.20. The van der Waals surface area contributed by atoms with Crippen LogP contribution in [0.25, 0.3) is 0 Å². The first-order valence-electron chi connectivity index (χ1n) is 6.77. The normalized spacial score (nSPS) is 12.7. The summed E-state index contributed by atoms with van der Waals surface area (Å²) in [6.07, 6.45) is 1.04. The van der Waals surface area contributed by atoms with Crippen molar-refractivity contribution in [2.75, 3.05) is 6.54 Å². The molecule has 1 N–H and O–H groups in total. The van der Waals surface area contributed by atoms with E-state index in [1.165, 1.54) is 0 Å². The van der Waals surface area contributed by atoms with Crippen LogP contribution in [0.1, 0.15) is 41.0 Å². The monoisotopic (exact) mass is 311 g/mol. The lowest BCUT2D eigenvalue weighted by atomic mass is 9.99. The average molecular weight is 312 g/mol. The standard InChI is InChI=1S/C16H19ClFNS/c1-4-6-19-15(16-13(17)5-7-20-16)12-8-10(2)14(18)11(3)9-12/h5,7-9,15,19H,4,6H2,1-3H3. The molecule has 0 spiro atoms. The molecule has 2 rings (SSSR count). The van der Waals surface area contributed by atoms with Crippen LogP contribution in [0.4, 0.5) is 4.39 Å². The van der Waals surface area contributed by atoms with Gasteiger partial charge in [-0.15, -0.1) is 11.3 Å². The number of benzene rings is 1. The highest BCUT2D eigenvalue weighted by molar-refractivity contribution is 7.10. The van der Waals surface area contributed by atoms with Crippen molar-refractivity contribution in [3.05, 3.63) is 56.0 Å². The third kappa shape index (κ3) is 3.22. The summed E-state index contributed by atoms with van der Waals surface area (Å²) < 4.78 is 13.8. The summed E-state index contributed by atoms with van der Waals surface area (Å²) in [6, 6.07) is 5.75. The minimum atomic E-state index is -0.125. The molecule has 0 fully saturated rings. The van der Waals surface area contributed by atoms with Crippen LogP contribution in [0, 0.1) is 19.7 Å². The number of hydrogen-bond acceptors (Lipinski definition) is 2. The second kappa shape index (κ2) is 6.70. The maximum Gasteiger partial charge on any atom is 0.129 e. The minimum absolute atomic E-state index is 0.0282. The fourth-order valence-corrected chi connectivity index (χ4v) is 3.58. The first-order valence-corrected chi connectivity index (χ1v) is 8.03. The molecule has 4 heteroatoms. The predicted octanol–water partition coefficient (Wildman–Crippen LogP) is 5.25. The molecule has 2 aromatic rings. The zero-order valence-electron chi connectivity index (χ0n) is 12.0. The van der Waals surface area contributed by atoms with Crippen LogP contribution >= 0.6 is 22.9 Å². The second-order valence-corrected chi connectivity index (χ2v) is 6.34.